The van der Waals surface area contributed by atoms with Gasteiger partial charge in [0.05, 0.1) is 0 Å². The number of unbranched alkanes of at least 4 members (excludes halogenated alkanes) is 28. The van der Waals surface area contributed by atoms with E-state index in [-0.39, 0.29) is 0 Å². The smallest absolute Gasteiger partial charge is 0.139 e. The van der Waals surface area contributed by atoms with Crippen molar-refractivity contribution in [2.45, 2.75) is 259 Å². The zero-order valence-electron chi connectivity index (χ0n) is 31.5. The quantitative estimate of drug-likeness (QED) is 0.0629. The monoisotopic (exact) mass is 619 g/mol. The molecule has 0 bridgehead atoms. The zero-order valence-corrected chi connectivity index (χ0v) is 31.5. The minimum atomic E-state index is 0.350. The molecule has 0 N–H and O–H groups in total. The summed E-state index contributed by atoms with van der Waals surface area (Å²) in [6.07, 6.45) is 48.5. The molecule has 0 saturated carbocycles. The molecule has 1 heteroatoms. The summed E-state index contributed by atoms with van der Waals surface area (Å²) in [4.78, 5) is 14.2. The number of carbonyl (C=O) groups is 1. The van der Waals surface area contributed by atoms with Crippen molar-refractivity contribution < 1.29 is 4.79 Å². The molecule has 0 fully saturated rings. The lowest BCUT2D eigenvalue weighted by atomic mass is 9.80. The van der Waals surface area contributed by atoms with Crippen LogP contribution in [0, 0.1) is 11.8 Å². The Morgan fingerprint density at radius 2 is 0.432 bits per heavy atom. The predicted molar refractivity (Wildman–Crippen MR) is 201 cm³/mol. The summed E-state index contributed by atoms with van der Waals surface area (Å²) in [5.74, 6) is 1.40. The molecule has 1 nitrogen and oxygen atoms in total. The predicted octanol–water partition coefficient (Wildman–Crippen LogP) is 15.9. The second kappa shape index (κ2) is 37.1. The molecule has 44 heavy (non-hydrogen) atoms. The summed E-state index contributed by atoms with van der Waals surface area (Å²) in [5.41, 5.74) is 0. The molecule has 0 saturated heterocycles. The van der Waals surface area contributed by atoms with Gasteiger partial charge >= 0.3 is 0 Å². The summed E-state index contributed by atoms with van der Waals surface area (Å²) < 4.78 is 0. The Bertz CT molecular complexity index is 453. The third kappa shape index (κ3) is 30.3. The van der Waals surface area contributed by atoms with Gasteiger partial charge in [-0.3, -0.25) is 4.79 Å². The fourth-order valence-electron chi connectivity index (χ4n) is 7.29. The van der Waals surface area contributed by atoms with E-state index in [1.165, 1.54) is 231 Å². The van der Waals surface area contributed by atoms with E-state index < -0.39 is 0 Å². The van der Waals surface area contributed by atoms with Crippen LogP contribution in [0.5, 0.6) is 0 Å². The van der Waals surface area contributed by atoms with Gasteiger partial charge in [0.15, 0.2) is 0 Å². The summed E-state index contributed by atoms with van der Waals surface area (Å²) in [5, 5.41) is 0. The topological polar surface area (TPSA) is 17.1 Å². The third-order valence-corrected chi connectivity index (χ3v) is 10.4. The van der Waals surface area contributed by atoms with Crippen LogP contribution in [0.15, 0.2) is 0 Å². The van der Waals surface area contributed by atoms with Crippen LogP contribution in [-0.4, -0.2) is 5.78 Å². The summed E-state index contributed by atoms with van der Waals surface area (Å²) >= 11 is 0. The maximum Gasteiger partial charge on any atom is 0.139 e. The molecule has 0 aliphatic rings. The Labute approximate surface area is 280 Å². The molecule has 0 aromatic heterocycles. The van der Waals surface area contributed by atoms with Gasteiger partial charge < -0.3 is 0 Å². The fourth-order valence-corrected chi connectivity index (χ4v) is 7.29. The van der Waals surface area contributed by atoms with Crippen molar-refractivity contribution in [1.29, 1.82) is 0 Å². The first kappa shape index (κ1) is 43.7. The van der Waals surface area contributed by atoms with Gasteiger partial charge in [0.25, 0.3) is 0 Å². The molecule has 0 heterocycles. The Hall–Kier alpha value is -0.330. The van der Waals surface area contributed by atoms with E-state index in [1.54, 1.807) is 0 Å². The lowest BCUT2D eigenvalue weighted by Gasteiger charge is -2.23. The zero-order chi connectivity index (χ0) is 32.2. The number of ketones is 1. The Morgan fingerprint density at radius 3 is 0.614 bits per heavy atom. The van der Waals surface area contributed by atoms with Crippen molar-refractivity contribution >= 4 is 5.78 Å². The van der Waals surface area contributed by atoms with Crippen molar-refractivity contribution in [3.05, 3.63) is 0 Å². The number of hydrogen-bond acceptors (Lipinski definition) is 1. The van der Waals surface area contributed by atoms with Gasteiger partial charge in [0, 0.05) is 11.8 Å². The van der Waals surface area contributed by atoms with Gasteiger partial charge in [-0.15, -0.1) is 0 Å². The van der Waals surface area contributed by atoms with Gasteiger partial charge in [-0.2, -0.15) is 0 Å². The average molecular weight is 619 g/mol. The van der Waals surface area contributed by atoms with Crippen LogP contribution < -0.4 is 0 Å². The van der Waals surface area contributed by atoms with Crippen LogP contribution in [0.25, 0.3) is 0 Å². The minimum absolute atomic E-state index is 0.350. The van der Waals surface area contributed by atoms with Gasteiger partial charge in [0.1, 0.15) is 5.78 Å². The molecular formula is C43H86O. The van der Waals surface area contributed by atoms with E-state index in [1.807, 2.05) is 0 Å². The Balaban J connectivity index is 4.88. The number of Topliss-reactive ketones (excluding diaryl/α,β-unsaturated/α-hetero) is 1. The normalized spacial score (nSPS) is 11.8. The van der Waals surface area contributed by atoms with Gasteiger partial charge in [-0.05, 0) is 25.7 Å². The van der Waals surface area contributed by atoms with E-state index in [9.17, 15) is 4.79 Å². The molecule has 0 aromatic rings. The number of rotatable bonds is 38. The lowest BCUT2D eigenvalue weighted by molar-refractivity contribution is -0.128. The van der Waals surface area contributed by atoms with Crippen LogP contribution in [-0.2, 0) is 4.79 Å². The minimum Gasteiger partial charge on any atom is -0.299 e. The van der Waals surface area contributed by atoms with Crippen LogP contribution in [0.3, 0.4) is 0 Å². The van der Waals surface area contributed by atoms with Crippen molar-refractivity contribution in [1.82, 2.24) is 0 Å². The maximum atomic E-state index is 14.2. The highest BCUT2D eigenvalue weighted by Crippen LogP contribution is 2.29. The highest BCUT2D eigenvalue weighted by Gasteiger charge is 2.26. The maximum absolute atomic E-state index is 14.2. The average Bonchev–Trinajstić information content (AvgIpc) is 3.03. The summed E-state index contributed by atoms with van der Waals surface area (Å²) in [6.45, 7) is 9.22. The fraction of sp³-hybridized carbons (Fsp3) is 0.977. The Morgan fingerprint density at radius 1 is 0.273 bits per heavy atom. The molecule has 0 unspecified atom stereocenters. The Kier molecular flexibility index (Phi) is 36.9. The lowest BCUT2D eigenvalue weighted by Crippen LogP contribution is -2.24. The third-order valence-electron chi connectivity index (χ3n) is 10.4. The van der Waals surface area contributed by atoms with E-state index in [0.717, 1.165) is 0 Å². The molecule has 0 aromatic carbocycles. The van der Waals surface area contributed by atoms with E-state index in [4.69, 9.17) is 0 Å². The molecule has 0 spiro atoms. The first-order valence-electron chi connectivity index (χ1n) is 21.2. The first-order valence-corrected chi connectivity index (χ1v) is 21.2. The highest BCUT2D eigenvalue weighted by atomic mass is 16.1. The van der Waals surface area contributed by atoms with Crippen LogP contribution >= 0.6 is 0 Å². The molecule has 0 atom stereocenters. The summed E-state index contributed by atoms with van der Waals surface area (Å²) in [7, 11) is 0. The first-order chi connectivity index (χ1) is 21.7. The summed E-state index contributed by atoms with van der Waals surface area (Å²) in [6, 6.07) is 0. The molecular weight excluding hydrogens is 532 g/mol. The standard InChI is InChI=1S/C43H86O/c1-5-9-13-17-21-25-29-33-37-41(38-34-30-26-22-18-14-10-6-2)43(44)42(39-35-31-27-23-19-15-11-7-3)40-36-32-28-24-20-16-12-8-4/h41-42H,5-40H2,1-4H3. The number of carbonyl (C=O) groups excluding carboxylic acids is 1. The van der Waals surface area contributed by atoms with Crippen molar-refractivity contribution in [2.75, 3.05) is 0 Å². The largest absolute Gasteiger partial charge is 0.299 e. The molecule has 0 aliphatic carbocycles. The van der Waals surface area contributed by atoms with Crippen molar-refractivity contribution in [3.63, 3.8) is 0 Å². The van der Waals surface area contributed by atoms with Crippen LogP contribution in [0.2, 0.25) is 0 Å². The van der Waals surface area contributed by atoms with Crippen molar-refractivity contribution in [2.24, 2.45) is 11.8 Å². The van der Waals surface area contributed by atoms with E-state index >= 15 is 0 Å². The molecule has 0 radical (unpaired) electrons. The SMILES string of the molecule is CCCCCCCCCCC(CCCCCCCCCC)C(=O)C(CCCCCCCCCC)CCCCCCCCCC. The second-order valence-electron chi connectivity index (χ2n) is 14.9. The second-order valence-corrected chi connectivity index (χ2v) is 14.9. The van der Waals surface area contributed by atoms with Gasteiger partial charge in [-0.1, -0.05) is 233 Å². The van der Waals surface area contributed by atoms with Crippen LogP contribution in [0.4, 0.5) is 0 Å². The molecule has 264 valence electrons. The van der Waals surface area contributed by atoms with Crippen molar-refractivity contribution in [3.8, 4) is 0 Å². The molecule has 0 rings (SSSR count). The molecule has 0 aliphatic heterocycles. The van der Waals surface area contributed by atoms with Gasteiger partial charge in [0.2, 0.25) is 0 Å². The molecule has 0 amide bonds. The number of hydrogen-bond donors (Lipinski definition) is 0. The van der Waals surface area contributed by atoms with Crippen LogP contribution in [0.1, 0.15) is 259 Å². The van der Waals surface area contributed by atoms with E-state index in [2.05, 4.69) is 27.7 Å². The van der Waals surface area contributed by atoms with Gasteiger partial charge in [-0.25, -0.2) is 0 Å². The van der Waals surface area contributed by atoms with E-state index in [0.29, 0.717) is 17.6 Å². The highest BCUT2D eigenvalue weighted by molar-refractivity contribution is 5.83.